The molecule has 2 aromatic rings. The maximum Gasteiger partial charge on any atom is 0.178 e. The minimum absolute atomic E-state index is 0.155. The molecule has 3 unspecified atom stereocenters. The normalized spacial score (nSPS) is 28.6. The van der Waals surface area contributed by atoms with Gasteiger partial charge in [0.1, 0.15) is 0 Å². The molecule has 0 aliphatic carbocycles. The first-order valence-electron chi connectivity index (χ1n) is 8.51. The van der Waals surface area contributed by atoms with E-state index < -0.39 is 5.72 Å². The Labute approximate surface area is 163 Å². The molecular formula is C19H21Cl2N3O2. The minimum Gasteiger partial charge on any atom is -0.359 e. The number of hydrazine groups is 1. The van der Waals surface area contributed by atoms with Crippen molar-refractivity contribution in [2.75, 3.05) is 25.3 Å². The molecule has 0 radical (unpaired) electrons. The van der Waals surface area contributed by atoms with E-state index in [1.54, 1.807) is 12.1 Å². The molecule has 4 rings (SSSR count). The summed E-state index contributed by atoms with van der Waals surface area (Å²) in [4.78, 5) is 2.25. The quantitative estimate of drug-likeness (QED) is 0.790. The smallest absolute Gasteiger partial charge is 0.178 e. The van der Waals surface area contributed by atoms with Crippen LogP contribution >= 0.6 is 23.2 Å². The highest BCUT2D eigenvalue weighted by molar-refractivity contribution is 6.31. The second-order valence-electron chi connectivity index (χ2n) is 6.70. The molecule has 7 heteroatoms. The highest BCUT2D eigenvalue weighted by Crippen LogP contribution is 2.50. The zero-order chi connectivity index (χ0) is 18.5. The lowest BCUT2D eigenvalue weighted by molar-refractivity contribution is -0.0682. The van der Waals surface area contributed by atoms with Gasteiger partial charge in [0.25, 0.3) is 0 Å². The Bertz CT molecular complexity index is 834. The lowest BCUT2D eigenvalue weighted by Crippen LogP contribution is -2.51. The molecule has 2 aliphatic rings. The zero-order valence-corrected chi connectivity index (χ0v) is 16.2. The van der Waals surface area contributed by atoms with Crippen molar-refractivity contribution >= 4 is 28.9 Å². The van der Waals surface area contributed by atoms with Gasteiger partial charge in [-0.15, -0.1) is 0 Å². The lowest BCUT2D eigenvalue weighted by atomic mass is 9.91. The first-order valence-corrected chi connectivity index (χ1v) is 9.27. The van der Waals surface area contributed by atoms with Gasteiger partial charge in [-0.05, 0) is 31.2 Å². The summed E-state index contributed by atoms with van der Waals surface area (Å²) in [6, 6.07) is 13.5. The molecular weight excluding hydrogens is 373 g/mol. The average Bonchev–Trinajstić information content (AvgIpc) is 2.91. The van der Waals surface area contributed by atoms with Crippen LogP contribution in [0, 0.1) is 0 Å². The van der Waals surface area contributed by atoms with E-state index in [9.17, 15) is 0 Å². The lowest BCUT2D eigenvalue weighted by Gasteiger charge is -2.39. The van der Waals surface area contributed by atoms with Crippen molar-refractivity contribution in [2.24, 2.45) is 5.84 Å². The molecule has 2 N–H and O–H groups in total. The number of anilines is 1. The first kappa shape index (κ1) is 18.0. The molecule has 3 atom stereocenters. The number of hydrogen-bond donors (Lipinski definition) is 1. The number of nitrogens with zero attached hydrogens (tertiary/aromatic N) is 2. The van der Waals surface area contributed by atoms with Crippen molar-refractivity contribution in [1.29, 1.82) is 0 Å². The van der Waals surface area contributed by atoms with E-state index in [1.165, 1.54) is 0 Å². The minimum atomic E-state index is -0.872. The Balaban J connectivity index is 2.05. The standard InChI is InChI=1S/C19H21Cl2N3O2/c1-12-11-26-19(14-5-3-4-6-16(14)21)15-9-13(20)7-8-17(15)24(22)18(25-2)10-23(12)19/h3-9,12,18H,10-11,22H2,1-2H3. The van der Waals surface area contributed by atoms with Gasteiger partial charge in [-0.3, -0.25) is 9.91 Å². The highest BCUT2D eigenvalue weighted by atomic mass is 35.5. The van der Waals surface area contributed by atoms with Crippen molar-refractivity contribution in [3.63, 3.8) is 0 Å². The number of nitrogens with two attached hydrogens (primary N) is 1. The van der Waals surface area contributed by atoms with E-state index in [0.717, 1.165) is 16.8 Å². The van der Waals surface area contributed by atoms with Gasteiger partial charge in [0.2, 0.25) is 0 Å². The first-order chi connectivity index (χ1) is 12.5. The van der Waals surface area contributed by atoms with Crippen LogP contribution in [-0.4, -0.2) is 37.4 Å². The van der Waals surface area contributed by atoms with Crippen molar-refractivity contribution in [2.45, 2.75) is 24.9 Å². The van der Waals surface area contributed by atoms with Crippen molar-refractivity contribution in [1.82, 2.24) is 4.90 Å². The van der Waals surface area contributed by atoms with Gasteiger partial charge < -0.3 is 9.47 Å². The third-order valence-corrected chi connectivity index (χ3v) is 5.81. The molecule has 1 fully saturated rings. The Morgan fingerprint density at radius 3 is 2.69 bits per heavy atom. The van der Waals surface area contributed by atoms with E-state index in [-0.39, 0.29) is 12.3 Å². The zero-order valence-electron chi connectivity index (χ0n) is 14.7. The Morgan fingerprint density at radius 1 is 1.19 bits per heavy atom. The van der Waals surface area contributed by atoms with Crippen LogP contribution in [0.2, 0.25) is 10.0 Å². The van der Waals surface area contributed by atoms with E-state index in [0.29, 0.717) is 23.2 Å². The SMILES string of the molecule is COC1CN2C(C)COC2(c2ccccc2Cl)c2cc(Cl)ccc2N1N. The fraction of sp³-hybridized carbons (Fsp3) is 0.368. The van der Waals surface area contributed by atoms with Crippen LogP contribution in [-0.2, 0) is 15.2 Å². The van der Waals surface area contributed by atoms with Gasteiger partial charge in [-0.1, -0.05) is 41.4 Å². The van der Waals surface area contributed by atoms with Gasteiger partial charge in [-0.2, -0.15) is 0 Å². The van der Waals surface area contributed by atoms with Crippen LogP contribution < -0.4 is 10.9 Å². The molecule has 0 spiro atoms. The monoisotopic (exact) mass is 393 g/mol. The molecule has 0 bridgehead atoms. The predicted molar refractivity (Wildman–Crippen MR) is 103 cm³/mol. The summed E-state index contributed by atoms with van der Waals surface area (Å²) in [5.74, 6) is 6.42. The summed E-state index contributed by atoms with van der Waals surface area (Å²) in [5, 5.41) is 2.89. The number of methoxy groups -OCH3 is 1. The van der Waals surface area contributed by atoms with Crippen LogP contribution in [0.4, 0.5) is 5.69 Å². The van der Waals surface area contributed by atoms with Crippen LogP contribution in [0.5, 0.6) is 0 Å². The second-order valence-corrected chi connectivity index (χ2v) is 7.54. The van der Waals surface area contributed by atoms with Crippen LogP contribution in [0.25, 0.3) is 0 Å². The second kappa shape index (κ2) is 6.68. The van der Waals surface area contributed by atoms with Gasteiger partial charge in [0, 0.05) is 40.9 Å². The van der Waals surface area contributed by atoms with E-state index in [4.69, 9.17) is 38.5 Å². The van der Waals surface area contributed by atoms with Gasteiger partial charge in [0.15, 0.2) is 12.0 Å². The average molecular weight is 394 g/mol. The molecule has 2 aromatic carbocycles. The molecule has 1 saturated heterocycles. The van der Waals surface area contributed by atoms with E-state index in [1.807, 2.05) is 42.5 Å². The van der Waals surface area contributed by atoms with Crippen LogP contribution in [0.3, 0.4) is 0 Å². The van der Waals surface area contributed by atoms with Crippen molar-refractivity contribution in [3.8, 4) is 0 Å². The summed E-state index contributed by atoms with van der Waals surface area (Å²) in [5.41, 5.74) is 1.67. The van der Waals surface area contributed by atoms with E-state index in [2.05, 4.69) is 11.8 Å². The van der Waals surface area contributed by atoms with Crippen LogP contribution in [0.15, 0.2) is 42.5 Å². The largest absolute Gasteiger partial charge is 0.359 e. The maximum absolute atomic E-state index is 6.62. The fourth-order valence-corrected chi connectivity index (χ4v) is 4.42. The Kier molecular flexibility index (Phi) is 4.63. The highest BCUT2D eigenvalue weighted by Gasteiger charge is 2.54. The molecule has 5 nitrogen and oxygen atoms in total. The third kappa shape index (κ3) is 2.54. The Hall–Kier alpha value is -1.34. The van der Waals surface area contributed by atoms with Crippen molar-refractivity contribution < 1.29 is 9.47 Å². The number of halogens is 2. The number of ether oxygens (including phenoxy) is 2. The molecule has 2 heterocycles. The topological polar surface area (TPSA) is 51.0 Å². The predicted octanol–water partition coefficient (Wildman–Crippen LogP) is 3.58. The van der Waals surface area contributed by atoms with Crippen molar-refractivity contribution in [3.05, 3.63) is 63.6 Å². The van der Waals surface area contributed by atoms with Gasteiger partial charge in [-0.25, -0.2) is 5.84 Å². The number of benzene rings is 2. The summed E-state index contributed by atoms with van der Waals surface area (Å²) in [7, 11) is 1.66. The summed E-state index contributed by atoms with van der Waals surface area (Å²) < 4.78 is 12.1. The fourth-order valence-electron chi connectivity index (χ4n) is 3.98. The van der Waals surface area contributed by atoms with E-state index >= 15 is 0 Å². The summed E-state index contributed by atoms with van der Waals surface area (Å²) in [6.07, 6.45) is -0.330. The molecule has 2 aliphatic heterocycles. The van der Waals surface area contributed by atoms with Gasteiger partial charge >= 0.3 is 0 Å². The maximum atomic E-state index is 6.62. The van der Waals surface area contributed by atoms with Gasteiger partial charge in [0.05, 0.1) is 12.3 Å². The number of fused-ring (bicyclic) bond motifs is 3. The summed E-state index contributed by atoms with van der Waals surface area (Å²) in [6.45, 7) is 3.26. The molecule has 0 saturated carbocycles. The number of rotatable bonds is 2. The number of hydrogen-bond acceptors (Lipinski definition) is 5. The molecule has 26 heavy (non-hydrogen) atoms. The molecule has 0 amide bonds. The van der Waals surface area contributed by atoms with Crippen LogP contribution in [0.1, 0.15) is 18.1 Å². The molecule has 138 valence electrons. The summed E-state index contributed by atoms with van der Waals surface area (Å²) >= 11 is 13.0. The molecule has 0 aromatic heterocycles. The Morgan fingerprint density at radius 2 is 1.96 bits per heavy atom. The third-order valence-electron chi connectivity index (χ3n) is 5.25.